The van der Waals surface area contributed by atoms with Gasteiger partial charge >= 0.3 is 0 Å². The molecule has 1 atom stereocenters. The van der Waals surface area contributed by atoms with Crippen LogP contribution in [-0.2, 0) is 22.4 Å². The van der Waals surface area contributed by atoms with Gasteiger partial charge in [0.05, 0.1) is 33.0 Å². The Balaban J connectivity index is 2.11. The third-order valence-electron chi connectivity index (χ3n) is 2.69. The first-order valence-corrected chi connectivity index (χ1v) is 7.47. The molecule has 1 aliphatic rings. The number of hydrogen-bond donors (Lipinski definition) is 1. The Bertz CT molecular complexity index is 366. The molecule has 0 spiro atoms. The molecule has 0 aromatic carbocycles. The number of rotatable bonds is 6. The van der Waals surface area contributed by atoms with E-state index in [2.05, 4.69) is 16.3 Å². The molecule has 1 unspecified atom stereocenters. The van der Waals surface area contributed by atoms with Crippen molar-refractivity contribution in [2.24, 2.45) is 0 Å². The molecule has 1 fully saturated rings. The van der Waals surface area contributed by atoms with Crippen LogP contribution in [0.5, 0.6) is 0 Å². The monoisotopic (exact) mass is 273 g/mol. The molecule has 1 aromatic rings. The molecule has 0 bridgehead atoms. The maximum atomic E-state index is 9.06. The Kier molecular flexibility index (Phi) is 5.43. The molecule has 1 aromatic heterocycles. The van der Waals surface area contributed by atoms with Crippen LogP contribution < -0.4 is 0 Å². The van der Waals surface area contributed by atoms with Gasteiger partial charge in [-0.05, 0) is 6.26 Å². The third-order valence-corrected chi connectivity index (χ3v) is 3.30. The second-order valence-corrected chi connectivity index (χ2v) is 5.00. The summed E-state index contributed by atoms with van der Waals surface area (Å²) >= 11 is 1.77. The zero-order valence-electron chi connectivity index (χ0n) is 10.5. The van der Waals surface area contributed by atoms with E-state index >= 15 is 0 Å². The molecule has 7 heteroatoms. The van der Waals surface area contributed by atoms with E-state index in [-0.39, 0.29) is 12.7 Å². The smallest absolute Gasteiger partial charge is 0.158 e. The van der Waals surface area contributed by atoms with Crippen LogP contribution in [0.1, 0.15) is 17.8 Å². The highest BCUT2D eigenvalue weighted by Gasteiger charge is 2.23. The topological polar surface area (TPSA) is 69.4 Å². The zero-order chi connectivity index (χ0) is 12.8. The summed E-state index contributed by atoms with van der Waals surface area (Å²) in [6, 6.07) is 0. The lowest BCUT2D eigenvalue weighted by Crippen LogP contribution is -2.25. The van der Waals surface area contributed by atoms with Gasteiger partial charge in [-0.2, -0.15) is 16.9 Å². The van der Waals surface area contributed by atoms with E-state index in [9.17, 15) is 0 Å². The first-order chi connectivity index (χ1) is 8.85. The Labute approximate surface area is 111 Å². The fourth-order valence-corrected chi connectivity index (χ4v) is 2.22. The van der Waals surface area contributed by atoms with Crippen molar-refractivity contribution in [2.75, 3.05) is 38.4 Å². The van der Waals surface area contributed by atoms with Crippen molar-refractivity contribution < 1.29 is 14.6 Å². The molecule has 1 saturated heterocycles. The number of ether oxygens (including phenoxy) is 2. The number of thioether (sulfide) groups is 1. The van der Waals surface area contributed by atoms with Gasteiger partial charge < -0.3 is 14.6 Å². The van der Waals surface area contributed by atoms with Crippen molar-refractivity contribution in [2.45, 2.75) is 19.1 Å². The Morgan fingerprint density at radius 3 is 3.06 bits per heavy atom. The summed E-state index contributed by atoms with van der Waals surface area (Å²) in [6.45, 7) is 2.21. The van der Waals surface area contributed by atoms with E-state index < -0.39 is 0 Å². The third kappa shape index (κ3) is 3.44. The molecule has 1 N–H and O–H groups in total. The summed E-state index contributed by atoms with van der Waals surface area (Å²) in [6.07, 6.45) is 2.73. The fourth-order valence-electron chi connectivity index (χ4n) is 1.84. The maximum Gasteiger partial charge on any atom is 0.158 e. The number of hydrogen-bond acceptors (Lipinski definition) is 6. The fraction of sp³-hybridized carbons (Fsp3) is 0.818. The van der Waals surface area contributed by atoms with Gasteiger partial charge in [-0.25, -0.2) is 9.67 Å². The molecular formula is C11H19N3O3S. The molecule has 18 heavy (non-hydrogen) atoms. The lowest BCUT2D eigenvalue weighted by Gasteiger charge is -2.22. The van der Waals surface area contributed by atoms with E-state index in [0.29, 0.717) is 26.4 Å². The number of aryl methyl sites for hydroxylation is 1. The first kappa shape index (κ1) is 13.8. The summed E-state index contributed by atoms with van der Waals surface area (Å²) in [5.74, 6) is 2.56. The molecule has 1 aliphatic heterocycles. The molecule has 0 radical (unpaired) electrons. The van der Waals surface area contributed by atoms with Crippen LogP contribution in [0.15, 0.2) is 0 Å². The van der Waals surface area contributed by atoms with Crippen molar-refractivity contribution >= 4 is 11.8 Å². The van der Waals surface area contributed by atoms with Crippen LogP contribution in [0, 0.1) is 0 Å². The number of aliphatic hydroxyl groups excluding tert-OH is 1. The van der Waals surface area contributed by atoms with E-state index in [1.165, 1.54) is 0 Å². The molecule has 0 aliphatic carbocycles. The van der Waals surface area contributed by atoms with Crippen molar-refractivity contribution in [3.8, 4) is 0 Å². The van der Waals surface area contributed by atoms with Gasteiger partial charge in [0.2, 0.25) is 0 Å². The lowest BCUT2D eigenvalue weighted by atomic mass is 10.3. The molecule has 102 valence electrons. The molecule has 0 saturated carbocycles. The molecule has 2 rings (SSSR count). The summed E-state index contributed by atoms with van der Waals surface area (Å²) in [5, 5.41) is 13.5. The normalized spacial score (nSPS) is 20.2. The highest BCUT2D eigenvalue weighted by molar-refractivity contribution is 7.98. The number of nitrogens with zero attached hydrogens (tertiary/aromatic N) is 3. The summed E-state index contributed by atoms with van der Waals surface area (Å²) in [4.78, 5) is 4.51. The summed E-state index contributed by atoms with van der Waals surface area (Å²) in [5.41, 5.74) is 0. The van der Waals surface area contributed by atoms with E-state index in [0.717, 1.165) is 23.8 Å². The highest BCUT2D eigenvalue weighted by atomic mass is 32.2. The highest BCUT2D eigenvalue weighted by Crippen LogP contribution is 2.19. The first-order valence-electron chi connectivity index (χ1n) is 6.08. The standard InChI is InChI=1S/C11H19N3O3S/c1-18-7-2-10-12-11(14(13-10)3-4-15)9-8-16-5-6-17-9/h9,15H,2-8H2,1H3. The van der Waals surface area contributed by atoms with Crippen molar-refractivity contribution in [3.63, 3.8) is 0 Å². The van der Waals surface area contributed by atoms with E-state index in [1.54, 1.807) is 16.4 Å². The second kappa shape index (κ2) is 7.08. The number of aliphatic hydroxyl groups is 1. The molecule has 6 nitrogen and oxygen atoms in total. The largest absolute Gasteiger partial charge is 0.394 e. The van der Waals surface area contributed by atoms with Crippen LogP contribution in [0.4, 0.5) is 0 Å². The van der Waals surface area contributed by atoms with Crippen LogP contribution in [-0.4, -0.2) is 58.3 Å². The van der Waals surface area contributed by atoms with Crippen LogP contribution in [0.2, 0.25) is 0 Å². The average Bonchev–Trinajstić information content (AvgIpc) is 2.81. The van der Waals surface area contributed by atoms with Gasteiger partial charge in [-0.1, -0.05) is 0 Å². The zero-order valence-corrected chi connectivity index (χ0v) is 11.4. The molecule has 0 amide bonds. The van der Waals surface area contributed by atoms with Crippen molar-refractivity contribution in [1.29, 1.82) is 0 Å². The number of aromatic nitrogens is 3. The van der Waals surface area contributed by atoms with Crippen molar-refractivity contribution in [3.05, 3.63) is 11.6 Å². The summed E-state index contributed by atoms with van der Waals surface area (Å²) in [7, 11) is 0. The predicted molar refractivity (Wildman–Crippen MR) is 68.7 cm³/mol. The van der Waals surface area contributed by atoms with Gasteiger partial charge in [0.1, 0.15) is 6.10 Å². The average molecular weight is 273 g/mol. The summed E-state index contributed by atoms with van der Waals surface area (Å²) < 4.78 is 12.8. The minimum absolute atomic E-state index is 0.0475. The van der Waals surface area contributed by atoms with Gasteiger partial charge in [0.25, 0.3) is 0 Å². The van der Waals surface area contributed by atoms with Gasteiger partial charge in [-0.15, -0.1) is 0 Å². The lowest BCUT2D eigenvalue weighted by molar-refractivity contribution is -0.0951. The van der Waals surface area contributed by atoms with Crippen LogP contribution in [0.25, 0.3) is 0 Å². The quantitative estimate of drug-likeness (QED) is 0.802. The van der Waals surface area contributed by atoms with E-state index in [1.807, 2.05) is 0 Å². The minimum atomic E-state index is -0.166. The van der Waals surface area contributed by atoms with Crippen LogP contribution in [0.3, 0.4) is 0 Å². The second-order valence-electron chi connectivity index (χ2n) is 4.01. The maximum absolute atomic E-state index is 9.06. The van der Waals surface area contributed by atoms with E-state index in [4.69, 9.17) is 14.6 Å². The Morgan fingerprint density at radius 2 is 2.39 bits per heavy atom. The Hall–Kier alpha value is -0.630. The predicted octanol–water partition coefficient (Wildman–Crippen LogP) is 0.264. The molecular weight excluding hydrogens is 254 g/mol. The molecule has 2 heterocycles. The Morgan fingerprint density at radius 1 is 1.50 bits per heavy atom. The van der Waals surface area contributed by atoms with Crippen molar-refractivity contribution in [1.82, 2.24) is 14.8 Å². The van der Waals surface area contributed by atoms with Gasteiger partial charge in [0.15, 0.2) is 11.6 Å². The van der Waals surface area contributed by atoms with Crippen LogP contribution >= 0.6 is 11.8 Å². The SMILES string of the molecule is CSCCc1nc(C2COCCO2)n(CCO)n1. The minimum Gasteiger partial charge on any atom is -0.394 e. The van der Waals surface area contributed by atoms with Gasteiger partial charge in [0, 0.05) is 12.2 Å². The van der Waals surface area contributed by atoms with Gasteiger partial charge in [-0.3, -0.25) is 0 Å².